The molecule has 18 heavy (non-hydrogen) atoms. The third-order valence-electron chi connectivity index (χ3n) is 2.75. The van der Waals surface area contributed by atoms with Gasteiger partial charge >= 0.3 is 0 Å². The summed E-state index contributed by atoms with van der Waals surface area (Å²) in [6.45, 7) is 0. The molecule has 0 spiro atoms. The molecule has 1 unspecified atom stereocenters. The fourth-order valence-corrected chi connectivity index (χ4v) is 2.70. The highest BCUT2D eigenvalue weighted by atomic mass is 79.9. The number of methoxy groups -OCH3 is 1. The van der Waals surface area contributed by atoms with E-state index in [-0.39, 0.29) is 6.04 Å². The second kappa shape index (κ2) is 5.74. The van der Waals surface area contributed by atoms with Crippen molar-refractivity contribution in [2.75, 3.05) is 7.11 Å². The zero-order valence-corrected chi connectivity index (χ0v) is 12.2. The van der Waals surface area contributed by atoms with Crippen LogP contribution < -0.4 is 10.5 Å². The number of hydrogen-bond donors (Lipinski definition) is 1. The molecule has 0 aromatic heterocycles. The van der Waals surface area contributed by atoms with Gasteiger partial charge < -0.3 is 10.5 Å². The zero-order valence-electron chi connectivity index (χ0n) is 9.86. The molecule has 0 fully saturated rings. The number of ether oxygens (including phenoxy) is 1. The van der Waals surface area contributed by atoms with Crippen LogP contribution in [0.3, 0.4) is 0 Å². The molecule has 0 aliphatic carbocycles. The highest BCUT2D eigenvalue weighted by molar-refractivity contribution is 9.10. The maximum atomic E-state index is 6.26. The first-order chi connectivity index (χ1) is 8.61. The van der Waals surface area contributed by atoms with Gasteiger partial charge in [0.05, 0.1) is 13.2 Å². The summed E-state index contributed by atoms with van der Waals surface area (Å²) >= 11 is 9.41. The van der Waals surface area contributed by atoms with Crippen molar-refractivity contribution in [3.63, 3.8) is 0 Å². The number of benzene rings is 2. The average molecular weight is 327 g/mol. The second-order valence-corrected chi connectivity index (χ2v) is 5.21. The van der Waals surface area contributed by atoms with Crippen LogP contribution in [0.25, 0.3) is 0 Å². The zero-order chi connectivity index (χ0) is 13.1. The topological polar surface area (TPSA) is 35.2 Å². The Balaban J connectivity index is 2.37. The quantitative estimate of drug-likeness (QED) is 0.919. The predicted octanol–water partition coefficient (Wildman–Crippen LogP) is 4.16. The summed E-state index contributed by atoms with van der Waals surface area (Å²) in [5.74, 6) is 0.799. The summed E-state index contributed by atoms with van der Waals surface area (Å²) in [6, 6.07) is 13.1. The molecule has 0 saturated carbocycles. The van der Waals surface area contributed by atoms with Crippen LogP contribution in [0, 0.1) is 0 Å². The van der Waals surface area contributed by atoms with Gasteiger partial charge in [0.25, 0.3) is 0 Å². The summed E-state index contributed by atoms with van der Waals surface area (Å²) in [5.41, 5.74) is 8.25. The lowest BCUT2D eigenvalue weighted by molar-refractivity contribution is 0.414. The van der Waals surface area contributed by atoms with Crippen LogP contribution in [0.15, 0.2) is 46.9 Å². The maximum Gasteiger partial charge on any atom is 0.119 e. The van der Waals surface area contributed by atoms with Crippen molar-refractivity contribution in [3.8, 4) is 5.75 Å². The Morgan fingerprint density at radius 2 is 2.00 bits per heavy atom. The molecule has 4 heteroatoms. The summed E-state index contributed by atoms with van der Waals surface area (Å²) < 4.78 is 6.11. The monoisotopic (exact) mass is 325 g/mol. The van der Waals surface area contributed by atoms with Gasteiger partial charge in [-0.2, -0.15) is 0 Å². The van der Waals surface area contributed by atoms with Gasteiger partial charge in [0.2, 0.25) is 0 Å². The highest BCUT2D eigenvalue weighted by Gasteiger charge is 2.13. The summed E-state index contributed by atoms with van der Waals surface area (Å²) in [7, 11) is 1.64. The minimum Gasteiger partial charge on any atom is -0.497 e. The SMILES string of the molecule is COc1cccc(C(N)c2ccc(Cl)cc2Br)c1. The van der Waals surface area contributed by atoms with E-state index in [1.807, 2.05) is 42.5 Å². The molecule has 0 bridgehead atoms. The molecule has 0 aliphatic heterocycles. The first kappa shape index (κ1) is 13.4. The van der Waals surface area contributed by atoms with Gasteiger partial charge in [0.15, 0.2) is 0 Å². The van der Waals surface area contributed by atoms with Crippen LogP contribution in [0.2, 0.25) is 5.02 Å². The Morgan fingerprint density at radius 1 is 1.22 bits per heavy atom. The molecule has 2 N–H and O–H groups in total. The molecular weight excluding hydrogens is 314 g/mol. The van der Waals surface area contributed by atoms with E-state index in [4.69, 9.17) is 22.1 Å². The van der Waals surface area contributed by atoms with Gasteiger partial charge in [-0.3, -0.25) is 0 Å². The van der Waals surface area contributed by atoms with E-state index in [0.717, 1.165) is 21.3 Å². The van der Waals surface area contributed by atoms with Gasteiger partial charge in [-0.05, 0) is 35.4 Å². The summed E-state index contributed by atoms with van der Waals surface area (Å²) in [6.07, 6.45) is 0. The Kier molecular flexibility index (Phi) is 4.27. The minimum atomic E-state index is -0.216. The van der Waals surface area contributed by atoms with Crippen molar-refractivity contribution in [2.45, 2.75) is 6.04 Å². The Morgan fingerprint density at radius 3 is 2.67 bits per heavy atom. The van der Waals surface area contributed by atoms with Crippen molar-refractivity contribution in [1.82, 2.24) is 0 Å². The van der Waals surface area contributed by atoms with E-state index >= 15 is 0 Å². The van der Waals surface area contributed by atoms with Gasteiger partial charge in [-0.25, -0.2) is 0 Å². The number of rotatable bonds is 3. The largest absolute Gasteiger partial charge is 0.497 e. The van der Waals surface area contributed by atoms with Crippen molar-refractivity contribution in [1.29, 1.82) is 0 Å². The molecule has 2 nitrogen and oxygen atoms in total. The molecule has 1 atom stereocenters. The third kappa shape index (κ3) is 2.86. The first-order valence-electron chi connectivity index (χ1n) is 5.46. The van der Waals surface area contributed by atoms with E-state index in [0.29, 0.717) is 5.02 Å². The number of hydrogen-bond acceptors (Lipinski definition) is 2. The van der Waals surface area contributed by atoms with E-state index in [1.165, 1.54) is 0 Å². The van der Waals surface area contributed by atoms with Gasteiger partial charge in [-0.15, -0.1) is 0 Å². The summed E-state index contributed by atoms with van der Waals surface area (Å²) in [4.78, 5) is 0. The van der Waals surface area contributed by atoms with Crippen molar-refractivity contribution < 1.29 is 4.74 Å². The van der Waals surface area contributed by atoms with Crippen molar-refractivity contribution in [2.24, 2.45) is 5.73 Å². The minimum absolute atomic E-state index is 0.216. The predicted molar refractivity (Wildman–Crippen MR) is 78.2 cm³/mol. The van der Waals surface area contributed by atoms with E-state index in [9.17, 15) is 0 Å². The standard InChI is InChI=1S/C14H13BrClNO/c1-18-11-4-2-3-9(7-11)14(17)12-6-5-10(16)8-13(12)15/h2-8,14H,17H2,1H3. The summed E-state index contributed by atoms with van der Waals surface area (Å²) in [5, 5.41) is 0.684. The molecule has 0 heterocycles. The van der Waals surface area contributed by atoms with Crippen LogP contribution in [0.4, 0.5) is 0 Å². The number of nitrogens with two attached hydrogens (primary N) is 1. The first-order valence-corrected chi connectivity index (χ1v) is 6.63. The second-order valence-electron chi connectivity index (χ2n) is 3.92. The third-order valence-corrected chi connectivity index (χ3v) is 3.67. The molecule has 0 aliphatic rings. The van der Waals surface area contributed by atoms with E-state index < -0.39 is 0 Å². The van der Waals surface area contributed by atoms with E-state index in [1.54, 1.807) is 7.11 Å². The normalized spacial score (nSPS) is 12.2. The maximum absolute atomic E-state index is 6.26. The Labute approximate surface area is 120 Å². The molecule has 0 radical (unpaired) electrons. The number of halogens is 2. The van der Waals surface area contributed by atoms with Gasteiger partial charge in [0.1, 0.15) is 5.75 Å². The molecular formula is C14H13BrClNO. The molecule has 0 saturated heterocycles. The van der Waals surface area contributed by atoms with Crippen LogP contribution in [0.1, 0.15) is 17.2 Å². The van der Waals surface area contributed by atoms with Gasteiger partial charge in [-0.1, -0.05) is 45.7 Å². The van der Waals surface area contributed by atoms with Crippen LogP contribution >= 0.6 is 27.5 Å². The average Bonchev–Trinajstić information content (AvgIpc) is 2.38. The smallest absolute Gasteiger partial charge is 0.119 e. The molecule has 0 amide bonds. The molecule has 2 aromatic carbocycles. The van der Waals surface area contributed by atoms with Crippen LogP contribution in [0.5, 0.6) is 5.75 Å². The Bertz CT molecular complexity index is 559. The molecule has 2 aromatic rings. The van der Waals surface area contributed by atoms with Crippen molar-refractivity contribution >= 4 is 27.5 Å². The Hall–Kier alpha value is -1.03. The lowest BCUT2D eigenvalue weighted by Crippen LogP contribution is -2.12. The lowest BCUT2D eigenvalue weighted by atomic mass is 9.99. The van der Waals surface area contributed by atoms with Crippen LogP contribution in [-0.4, -0.2) is 7.11 Å². The fraction of sp³-hybridized carbons (Fsp3) is 0.143. The van der Waals surface area contributed by atoms with Gasteiger partial charge in [0, 0.05) is 9.50 Å². The lowest BCUT2D eigenvalue weighted by Gasteiger charge is -2.15. The van der Waals surface area contributed by atoms with E-state index in [2.05, 4.69) is 15.9 Å². The van der Waals surface area contributed by atoms with Crippen LogP contribution in [-0.2, 0) is 0 Å². The molecule has 94 valence electrons. The van der Waals surface area contributed by atoms with Crippen molar-refractivity contribution in [3.05, 3.63) is 63.1 Å². The highest BCUT2D eigenvalue weighted by Crippen LogP contribution is 2.30. The molecule has 2 rings (SSSR count). The fourth-order valence-electron chi connectivity index (χ4n) is 1.77.